The topological polar surface area (TPSA) is 56.2 Å². The zero-order valence-electron chi connectivity index (χ0n) is 16.6. The number of carbonyl (C=O) groups is 1. The van der Waals surface area contributed by atoms with E-state index < -0.39 is 6.10 Å². The van der Waals surface area contributed by atoms with Crippen molar-refractivity contribution in [3.63, 3.8) is 0 Å². The highest BCUT2D eigenvalue weighted by Crippen LogP contribution is 2.28. The van der Waals surface area contributed by atoms with Gasteiger partial charge < -0.3 is 10.1 Å². The molecule has 1 aromatic heterocycles. The van der Waals surface area contributed by atoms with E-state index in [2.05, 4.69) is 22.5 Å². The van der Waals surface area contributed by atoms with E-state index in [1.54, 1.807) is 25.1 Å². The molecular weight excluding hydrogens is 409 g/mol. The second-order valence-corrected chi connectivity index (χ2v) is 7.69. The van der Waals surface area contributed by atoms with Crippen molar-refractivity contribution in [1.29, 1.82) is 0 Å². The fraction of sp³-hybridized carbons (Fsp3) is 0.273. The third-order valence-electron chi connectivity index (χ3n) is 4.71. The number of nitrogens with one attached hydrogen (secondary N) is 1. The number of rotatable bonds is 7. The van der Waals surface area contributed by atoms with Gasteiger partial charge in [-0.2, -0.15) is 5.10 Å². The molecule has 1 heterocycles. The Bertz CT molecular complexity index is 1000. The molecule has 0 saturated carbocycles. The van der Waals surface area contributed by atoms with Gasteiger partial charge in [0.05, 0.1) is 17.3 Å². The number of aryl methyl sites for hydroxylation is 1. The minimum absolute atomic E-state index is 0.231. The maximum absolute atomic E-state index is 12.5. The van der Waals surface area contributed by atoms with Crippen LogP contribution in [0.1, 0.15) is 29.4 Å². The van der Waals surface area contributed by atoms with Gasteiger partial charge in [0.2, 0.25) is 0 Å². The number of hydrogen-bond acceptors (Lipinski definition) is 3. The second kappa shape index (κ2) is 9.33. The standard InChI is InChI=1S/C22H23Cl2N3O2/c1-14-19(15(2)27(26-14)13-17-7-5-4-6-8-17)12-25-22(28)16(3)29-21-10-9-18(23)11-20(21)24/h4-11,16H,12-13H2,1-3H3,(H,25,28). The molecule has 1 amide bonds. The average molecular weight is 432 g/mol. The molecule has 0 aliphatic rings. The largest absolute Gasteiger partial charge is 0.479 e. The van der Waals surface area contributed by atoms with E-state index in [1.165, 1.54) is 5.56 Å². The van der Waals surface area contributed by atoms with Crippen LogP contribution in [0.3, 0.4) is 0 Å². The maximum atomic E-state index is 12.5. The Kier molecular flexibility index (Phi) is 6.83. The summed E-state index contributed by atoms with van der Waals surface area (Å²) in [7, 11) is 0. The van der Waals surface area contributed by atoms with E-state index >= 15 is 0 Å². The molecule has 5 nitrogen and oxygen atoms in total. The number of ether oxygens (including phenoxy) is 1. The van der Waals surface area contributed by atoms with Crippen LogP contribution in [0, 0.1) is 13.8 Å². The lowest BCUT2D eigenvalue weighted by Gasteiger charge is -2.16. The highest BCUT2D eigenvalue weighted by molar-refractivity contribution is 6.35. The molecule has 7 heteroatoms. The summed E-state index contributed by atoms with van der Waals surface area (Å²) in [5.74, 6) is 0.187. The SMILES string of the molecule is Cc1nn(Cc2ccccc2)c(C)c1CNC(=O)C(C)Oc1ccc(Cl)cc1Cl. The molecule has 0 aliphatic heterocycles. The van der Waals surface area contributed by atoms with Crippen molar-refractivity contribution in [3.8, 4) is 5.75 Å². The van der Waals surface area contributed by atoms with Crippen LogP contribution < -0.4 is 10.1 Å². The third-order valence-corrected chi connectivity index (χ3v) is 5.24. The lowest BCUT2D eigenvalue weighted by Crippen LogP contribution is -2.36. The van der Waals surface area contributed by atoms with E-state index in [0.717, 1.165) is 17.0 Å². The maximum Gasteiger partial charge on any atom is 0.261 e. The summed E-state index contributed by atoms with van der Waals surface area (Å²) in [6.45, 7) is 6.71. The molecule has 1 atom stereocenters. The molecule has 0 spiro atoms. The smallest absolute Gasteiger partial charge is 0.261 e. The summed E-state index contributed by atoms with van der Waals surface area (Å²) in [4.78, 5) is 12.5. The third kappa shape index (κ3) is 5.31. The Balaban J connectivity index is 1.62. The number of benzene rings is 2. The summed E-state index contributed by atoms with van der Waals surface area (Å²) >= 11 is 12.0. The van der Waals surface area contributed by atoms with Crippen molar-refractivity contribution in [1.82, 2.24) is 15.1 Å². The van der Waals surface area contributed by atoms with Gasteiger partial charge in [0.1, 0.15) is 5.75 Å². The highest BCUT2D eigenvalue weighted by atomic mass is 35.5. The van der Waals surface area contributed by atoms with Crippen LogP contribution in [0.15, 0.2) is 48.5 Å². The minimum atomic E-state index is -0.700. The van der Waals surface area contributed by atoms with E-state index in [4.69, 9.17) is 27.9 Å². The van der Waals surface area contributed by atoms with Crippen LogP contribution in [0.2, 0.25) is 10.0 Å². The zero-order chi connectivity index (χ0) is 21.0. The monoisotopic (exact) mass is 431 g/mol. The Morgan fingerprint density at radius 3 is 2.59 bits per heavy atom. The molecule has 0 aliphatic carbocycles. The highest BCUT2D eigenvalue weighted by Gasteiger charge is 2.18. The molecule has 1 unspecified atom stereocenters. The van der Waals surface area contributed by atoms with Gasteiger partial charge in [0.25, 0.3) is 5.91 Å². The van der Waals surface area contributed by atoms with E-state index in [-0.39, 0.29) is 5.91 Å². The zero-order valence-corrected chi connectivity index (χ0v) is 18.1. The van der Waals surface area contributed by atoms with Crippen LogP contribution in [0.25, 0.3) is 0 Å². The Morgan fingerprint density at radius 1 is 1.17 bits per heavy atom. The molecule has 3 aromatic rings. The van der Waals surface area contributed by atoms with Crippen LogP contribution in [0.4, 0.5) is 0 Å². The van der Waals surface area contributed by atoms with Crippen LogP contribution >= 0.6 is 23.2 Å². The quantitative estimate of drug-likeness (QED) is 0.576. The van der Waals surface area contributed by atoms with Gasteiger partial charge in [0, 0.05) is 22.8 Å². The summed E-state index contributed by atoms with van der Waals surface area (Å²) in [5, 5.41) is 8.42. The first kappa shape index (κ1) is 21.2. The molecule has 3 rings (SSSR count). The van der Waals surface area contributed by atoms with Crippen molar-refractivity contribution in [2.75, 3.05) is 0 Å². The predicted octanol–water partition coefficient (Wildman–Crippen LogP) is 4.94. The van der Waals surface area contributed by atoms with Crippen LogP contribution in [-0.2, 0) is 17.9 Å². The van der Waals surface area contributed by atoms with Gasteiger partial charge in [0.15, 0.2) is 6.10 Å². The fourth-order valence-corrected chi connectivity index (χ4v) is 3.49. The molecule has 0 bridgehead atoms. The molecule has 29 heavy (non-hydrogen) atoms. The molecule has 1 N–H and O–H groups in total. The molecule has 0 radical (unpaired) electrons. The van der Waals surface area contributed by atoms with E-state index in [1.807, 2.05) is 36.7 Å². The second-order valence-electron chi connectivity index (χ2n) is 6.85. The van der Waals surface area contributed by atoms with Crippen molar-refractivity contribution in [3.05, 3.63) is 81.1 Å². The molecular formula is C22H23Cl2N3O2. The molecule has 152 valence electrons. The summed E-state index contributed by atoms with van der Waals surface area (Å²) in [5.41, 5.74) is 4.11. The van der Waals surface area contributed by atoms with Gasteiger partial charge >= 0.3 is 0 Å². The van der Waals surface area contributed by atoms with E-state index in [0.29, 0.717) is 28.9 Å². The first-order chi connectivity index (χ1) is 13.8. The number of hydrogen-bond donors (Lipinski definition) is 1. The van der Waals surface area contributed by atoms with Crippen molar-refractivity contribution >= 4 is 29.1 Å². The Labute approximate surface area is 180 Å². The normalized spacial score (nSPS) is 11.9. The number of amides is 1. The predicted molar refractivity (Wildman–Crippen MR) is 116 cm³/mol. The summed E-state index contributed by atoms with van der Waals surface area (Å²) in [6, 6.07) is 15.0. The van der Waals surface area contributed by atoms with Crippen LogP contribution in [0.5, 0.6) is 5.75 Å². The lowest BCUT2D eigenvalue weighted by molar-refractivity contribution is -0.127. The van der Waals surface area contributed by atoms with Gasteiger partial charge in [-0.05, 0) is 44.5 Å². The van der Waals surface area contributed by atoms with Crippen molar-refractivity contribution < 1.29 is 9.53 Å². The number of aromatic nitrogens is 2. The molecule has 0 fully saturated rings. The van der Waals surface area contributed by atoms with Gasteiger partial charge in [-0.3, -0.25) is 9.48 Å². The van der Waals surface area contributed by atoms with Crippen LogP contribution in [-0.4, -0.2) is 21.8 Å². The van der Waals surface area contributed by atoms with Gasteiger partial charge in [-0.15, -0.1) is 0 Å². The first-order valence-corrected chi connectivity index (χ1v) is 10.1. The van der Waals surface area contributed by atoms with Gasteiger partial charge in [-0.25, -0.2) is 0 Å². The number of halogens is 2. The van der Waals surface area contributed by atoms with Crippen molar-refractivity contribution in [2.24, 2.45) is 0 Å². The molecule has 2 aromatic carbocycles. The number of nitrogens with zero attached hydrogens (tertiary/aromatic N) is 2. The van der Waals surface area contributed by atoms with Crippen molar-refractivity contribution in [2.45, 2.75) is 40.0 Å². The average Bonchev–Trinajstić information content (AvgIpc) is 2.95. The Hall–Kier alpha value is -2.50. The summed E-state index contributed by atoms with van der Waals surface area (Å²) < 4.78 is 7.63. The fourth-order valence-electron chi connectivity index (χ4n) is 3.03. The molecule has 0 saturated heterocycles. The van der Waals surface area contributed by atoms with E-state index in [9.17, 15) is 4.79 Å². The Morgan fingerprint density at radius 2 is 1.90 bits per heavy atom. The summed E-state index contributed by atoms with van der Waals surface area (Å²) in [6.07, 6.45) is -0.700. The first-order valence-electron chi connectivity index (χ1n) is 9.31. The number of carbonyl (C=O) groups excluding carboxylic acids is 1. The van der Waals surface area contributed by atoms with Gasteiger partial charge in [-0.1, -0.05) is 53.5 Å². The minimum Gasteiger partial charge on any atom is -0.479 e. The lowest BCUT2D eigenvalue weighted by atomic mass is 10.2.